The Labute approximate surface area is 174 Å². The number of ketones is 1. The third kappa shape index (κ3) is 3.09. The van der Waals surface area contributed by atoms with Gasteiger partial charge in [-0.1, -0.05) is 34.6 Å². The summed E-state index contributed by atoms with van der Waals surface area (Å²) in [6.07, 6.45) is 11.6. The standard InChI is InChI=1S/C25H44O2Si/c1-23(2,3)28(6,7)27-18-12-14-24(4)17(16-18)8-9-19-20-10-11-22(26)25(20,5)15-13-21(19)24/h17-21H,8-16H2,1-7H3/t17?,18?,19-,20-,21+,24-,25-/m0/s1. The van der Waals surface area contributed by atoms with Crippen LogP contribution >= 0.6 is 0 Å². The van der Waals surface area contributed by atoms with Crippen LogP contribution in [-0.2, 0) is 9.22 Å². The van der Waals surface area contributed by atoms with E-state index in [-0.39, 0.29) is 5.41 Å². The predicted octanol–water partition coefficient (Wildman–Crippen LogP) is 6.99. The van der Waals surface area contributed by atoms with Crippen molar-refractivity contribution in [2.24, 2.45) is 34.5 Å². The van der Waals surface area contributed by atoms with Crippen molar-refractivity contribution in [3.05, 3.63) is 0 Å². The average Bonchev–Trinajstić information content (AvgIpc) is 2.89. The molecule has 160 valence electrons. The molecule has 3 heteroatoms. The molecule has 4 saturated carbocycles. The Bertz CT molecular complexity index is 635. The summed E-state index contributed by atoms with van der Waals surface area (Å²) < 4.78 is 6.87. The average molecular weight is 405 g/mol. The molecule has 2 nitrogen and oxygen atoms in total. The fourth-order valence-corrected chi connectivity index (χ4v) is 9.09. The maximum absolute atomic E-state index is 12.6. The molecule has 2 unspecified atom stereocenters. The second-order valence-electron chi connectivity index (χ2n) is 12.8. The molecule has 0 aliphatic heterocycles. The topological polar surface area (TPSA) is 26.3 Å². The highest BCUT2D eigenvalue weighted by molar-refractivity contribution is 6.74. The SMILES string of the molecule is CC(C)(C)[Si](C)(C)OC1CC[C@@]2(C)C(CC[C@@H]3[C@H]2CC[C@]2(C)C(=O)CC[C@@H]32)C1. The first-order valence-corrected chi connectivity index (χ1v) is 15.0. The molecule has 7 atom stereocenters. The summed E-state index contributed by atoms with van der Waals surface area (Å²) in [6.45, 7) is 16.8. The van der Waals surface area contributed by atoms with E-state index in [1.165, 1.54) is 44.9 Å². The van der Waals surface area contributed by atoms with Gasteiger partial charge in [-0.2, -0.15) is 0 Å². The summed E-state index contributed by atoms with van der Waals surface area (Å²) in [5.41, 5.74) is 0.510. The highest BCUT2D eigenvalue weighted by Crippen LogP contribution is 2.65. The quantitative estimate of drug-likeness (QED) is 0.464. The summed E-state index contributed by atoms with van der Waals surface area (Å²) in [6, 6.07) is 0. The van der Waals surface area contributed by atoms with Gasteiger partial charge < -0.3 is 4.43 Å². The van der Waals surface area contributed by atoms with Gasteiger partial charge in [0.2, 0.25) is 0 Å². The lowest BCUT2D eigenvalue weighted by Gasteiger charge is -2.60. The van der Waals surface area contributed by atoms with E-state index in [1.54, 1.807) is 0 Å². The third-order valence-corrected chi connectivity index (χ3v) is 15.1. The Balaban J connectivity index is 1.48. The lowest BCUT2D eigenvalue weighted by atomic mass is 9.45. The van der Waals surface area contributed by atoms with Gasteiger partial charge in [-0.05, 0) is 98.6 Å². The first-order chi connectivity index (χ1) is 12.9. The Morgan fingerprint density at radius 1 is 0.964 bits per heavy atom. The molecule has 0 aromatic carbocycles. The minimum Gasteiger partial charge on any atom is -0.414 e. The fraction of sp³-hybridized carbons (Fsp3) is 0.960. The normalized spacial score (nSPS) is 46.7. The molecular formula is C25H44O2Si. The van der Waals surface area contributed by atoms with Crippen LogP contribution in [0.5, 0.6) is 0 Å². The van der Waals surface area contributed by atoms with Crippen LogP contribution in [0.25, 0.3) is 0 Å². The molecule has 0 aromatic heterocycles. The van der Waals surface area contributed by atoms with Gasteiger partial charge in [0.05, 0.1) is 0 Å². The summed E-state index contributed by atoms with van der Waals surface area (Å²) in [5, 5.41) is 0.300. The number of Topliss-reactive ketones (excluding diaryl/α,β-unsaturated/α-hetero) is 1. The van der Waals surface area contributed by atoms with E-state index in [0.717, 1.165) is 30.6 Å². The van der Waals surface area contributed by atoms with Gasteiger partial charge in [-0.3, -0.25) is 4.79 Å². The molecule has 28 heavy (non-hydrogen) atoms. The molecule has 0 N–H and O–H groups in total. The van der Waals surface area contributed by atoms with E-state index in [0.29, 0.717) is 28.3 Å². The molecular weight excluding hydrogens is 360 g/mol. The van der Waals surface area contributed by atoms with Crippen molar-refractivity contribution in [2.45, 2.75) is 117 Å². The van der Waals surface area contributed by atoms with Gasteiger partial charge in [-0.25, -0.2) is 0 Å². The number of carbonyl (C=O) groups excluding carboxylic acids is 1. The zero-order chi connectivity index (χ0) is 20.5. The van der Waals surface area contributed by atoms with Crippen molar-refractivity contribution in [1.29, 1.82) is 0 Å². The molecule has 0 bridgehead atoms. The number of hydrogen-bond donors (Lipinski definition) is 0. The lowest BCUT2D eigenvalue weighted by Crippen LogP contribution is -2.55. The zero-order valence-electron chi connectivity index (χ0n) is 19.6. The summed E-state index contributed by atoms with van der Waals surface area (Å²) in [7, 11) is -1.68. The van der Waals surface area contributed by atoms with E-state index >= 15 is 0 Å². The first kappa shape index (κ1) is 21.1. The van der Waals surface area contributed by atoms with E-state index in [4.69, 9.17) is 4.43 Å². The van der Waals surface area contributed by atoms with Crippen LogP contribution in [-0.4, -0.2) is 20.2 Å². The van der Waals surface area contributed by atoms with Crippen molar-refractivity contribution in [3.63, 3.8) is 0 Å². The molecule has 0 heterocycles. The van der Waals surface area contributed by atoms with Gasteiger partial charge in [0.15, 0.2) is 8.32 Å². The predicted molar refractivity (Wildman–Crippen MR) is 119 cm³/mol. The van der Waals surface area contributed by atoms with Crippen LogP contribution in [0.1, 0.15) is 92.4 Å². The largest absolute Gasteiger partial charge is 0.414 e. The Morgan fingerprint density at radius 2 is 1.68 bits per heavy atom. The highest BCUT2D eigenvalue weighted by atomic mass is 28.4. The number of carbonyl (C=O) groups is 1. The third-order valence-electron chi connectivity index (χ3n) is 10.6. The minimum absolute atomic E-state index is 0.0208. The molecule has 0 spiro atoms. The smallest absolute Gasteiger partial charge is 0.192 e. The molecule has 0 amide bonds. The monoisotopic (exact) mass is 404 g/mol. The Hall–Kier alpha value is -0.153. The van der Waals surface area contributed by atoms with Crippen LogP contribution in [0.4, 0.5) is 0 Å². The highest BCUT2D eigenvalue weighted by Gasteiger charge is 2.60. The van der Waals surface area contributed by atoms with Crippen LogP contribution in [0.3, 0.4) is 0 Å². The molecule has 0 saturated heterocycles. The maximum atomic E-state index is 12.6. The summed E-state index contributed by atoms with van der Waals surface area (Å²) in [5.74, 6) is 3.75. The maximum Gasteiger partial charge on any atom is 0.192 e. The van der Waals surface area contributed by atoms with Crippen LogP contribution in [0.15, 0.2) is 0 Å². The summed E-state index contributed by atoms with van der Waals surface area (Å²) >= 11 is 0. The summed E-state index contributed by atoms with van der Waals surface area (Å²) in [4.78, 5) is 12.6. The van der Waals surface area contributed by atoms with E-state index < -0.39 is 8.32 Å². The number of fused-ring (bicyclic) bond motifs is 5. The first-order valence-electron chi connectivity index (χ1n) is 12.1. The van der Waals surface area contributed by atoms with Gasteiger partial charge in [0, 0.05) is 17.9 Å². The van der Waals surface area contributed by atoms with Gasteiger partial charge in [-0.15, -0.1) is 0 Å². The number of hydrogen-bond acceptors (Lipinski definition) is 2. The van der Waals surface area contributed by atoms with Crippen LogP contribution < -0.4 is 0 Å². The van der Waals surface area contributed by atoms with Crippen LogP contribution in [0, 0.1) is 34.5 Å². The lowest BCUT2D eigenvalue weighted by molar-refractivity contribution is -0.141. The van der Waals surface area contributed by atoms with Crippen molar-refractivity contribution in [2.75, 3.05) is 0 Å². The minimum atomic E-state index is -1.68. The second kappa shape index (κ2) is 6.67. The number of rotatable bonds is 2. The van der Waals surface area contributed by atoms with Crippen molar-refractivity contribution >= 4 is 14.1 Å². The fourth-order valence-electron chi connectivity index (χ4n) is 7.69. The second-order valence-corrected chi connectivity index (χ2v) is 17.6. The van der Waals surface area contributed by atoms with Gasteiger partial charge >= 0.3 is 0 Å². The zero-order valence-corrected chi connectivity index (χ0v) is 20.6. The molecule has 4 rings (SSSR count). The van der Waals surface area contributed by atoms with E-state index in [2.05, 4.69) is 47.7 Å². The van der Waals surface area contributed by atoms with Crippen LogP contribution in [0.2, 0.25) is 18.1 Å². The Morgan fingerprint density at radius 3 is 2.36 bits per heavy atom. The molecule has 4 fully saturated rings. The molecule has 0 radical (unpaired) electrons. The van der Waals surface area contributed by atoms with Crippen molar-refractivity contribution < 1.29 is 9.22 Å². The molecule has 4 aliphatic rings. The van der Waals surface area contributed by atoms with E-state index in [1.807, 2.05) is 0 Å². The Kier molecular flexibility index (Phi) is 5.03. The van der Waals surface area contributed by atoms with Crippen molar-refractivity contribution in [3.8, 4) is 0 Å². The molecule has 4 aliphatic carbocycles. The van der Waals surface area contributed by atoms with Gasteiger partial charge in [0.25, 0.3) is 0 Å². The van der Waals surface area contributed by atoms with Crippen molar-refractivity contribution in [1.82, 2.24) is 0 Å². The molecule has 0 aromatic rings. The van der Waals surface area contributed by atoms with E-state index in [9.17, 15) is 4.79 Å². The van der Waals surface area contributed by atoms with Gasteiger partial charge in [0.1, 0.15) is 5.78 Å².